The smallest absolute Gasteiger partial charge is 0.0965 e. The predicted molar refractivity (Wildman–Crippen MR) is 90.0 cm³/mol. The molecule has 112 valence electrons. The molecule has 0 spiro atoms. The Kier molecular flexibility index (Phi) is 4.41. The minimum atomic E-state index is 0.525. The fourth-order valence-electron chi connectivity index (χ4n) is 2.99. The van der Waals surface area contributed by atoms with Gasteiger partial charge in [0.1, 0.15) is 0 Å². The molecule has 3 rings (SSSR count). The minimum Gasteiger partial charge on any atom is -0.310 e. The number of fused-ring (bicyclic) bond motifs is 1. The Hall–Kier alpha value is -1.19. The minimum absolute atomic E-state index is 0.525. The van der Waals surface area contributed by atoms with E-state index in [-0.39, 0.29) is 0 Å². The van der Waals surface area contributed by atoms with Crippen molar-refractivity contribution in [1.29, 1.82) is 0 Å². The van der Waals surface area contributed by atoms with Gasteiger partial charge in [-0.15, -0.1) is 11.3 Å². The zero-order chi connectivity index (χ0) is 14.8. The molecule has 1 aliphatic rings. The molecule has 1 unspecified atom stereocenters. The summed E-state index contributed by atoms with van der Waals surface area (Å²) in [5, 5.41) is 4.84. The molecular weight excluding hydrogens is 276 g/mol. The first-order chi connectivity index (χ1) is 10.1. The molecule has 3 heteroatoms. The van der Waals surface area contributed by atoms with Crippen molar-refractivity contribution in [3.05, 3.63) is 51.0 Å². The lowest BCUT2D eigenvalue weighted by Crippen LogP contribution is -2.21. The molecule has 21 heavy (non-hydrogen) atoms. The molecule has 2 nitrogen and oxygen atoms in total. The second-order valence-electron chi connectivity index (χ2n) is 6.30. The van der Waals surface area contributed by atoms with Crippen LogP contribution in [0.4, 0.5) is 0 Å². The van der Waals surface area contributed by atoms with Crippen LogP contribution >= 0.6 is 11.3 Å². The van der Waals surface area contributed by atoms with Gasteiger partial charge in [0.25, 0.3) is 0 Å². The van der Waals surface area contributed by atoms with Gasteiger partial charge in [-0.1, -0.05) is 38.1 Å². The lowest BCUT2D eigenvalue weighted by atomic mass is 9.84. The Morgan fingerprint density at radius 1 is 1.29 bits per heavy atom. The summed E-state index contributed by atoms with van der Waals surface area (Å²) < 4.78 is 0. The maximum Gasteiger partial charge on any atom is 0.0965 e. The molecule has 2 aromatic rings. The van der Waals surface area contributed by atoms with Crippen LogP contribution in [0, 0.1) is 6.92 Å². The molecule has 0 radical (unpaired) electrons. The van der Waals surface area contributed by atoms with Crippen molar-refractivity contribution in [2.75, 3.05) is 0 Å². The predicted octanol–water partition coefficient (Wildman–Crippen LogP) is 4.22. The Labute approximate surface area is 131 Å². The van der Waals surface area contributed by atoms with E-state index in [1.165, 1.54) is 39.5 Å². The van der Waals surface area contributed by atoms with Gasteiger partial charge in [-0.3, -0.25) is 0 Å². The summed E-state index contributed by atoms with van der Waals surface area (Å²) in [5.41, 5.74) is 4.26. The van der Waals surface area contributed by atoms with Crippen LogP contribution in [-0.4, -0.2) is 11.0 Å². The first-order valence-corrected chi connectivity index (χ1v) is 8.71. The van der Waals surface area contributed by atoms with Crippen LogP contribution in [0.25, 0.3) is 0 Å². The standard InChI is InChI=1S/C18H24N2S/c1-12(2)19-11-17-13(3)20-18(21-17)16-9-8-14-6-4-5-7-15(14)10-16/h4-7,12,16,19H,8-11H2,1-3H3. The summed E-state index contributed by atoms with van der Waals surface area (Å²) in [6, 6.07) is 9.39. The number of aryl methyl sites for hydroxylation is 2. The molecule has 1 atom stereocenters. The van der Waals surface area contributed by atoms with E-state index in [9.17, 15) is 0 Å². The number of benzene rings is 1. The number of rotatable bonds is 4. The zero-order valence-electron chi connectivity index (χ0n) is 13.1. The summed E-state index contributed by atoms with van der Waals surface area (Å²) in [6.07, 6.45) is 3.58. The van der Waals surface area contributed by atoms with Crippen molar-refractivity contribution in [2.45, 2.75) is 58.5 Å². The number of hydrogen-bond donors (Lipinski definition) is 1. The van der Waals surface area contributed by atoms with E-state index in [1.54, 1.807) is 0 Å². The molecule has 1 aromatic carbocycles. The summed E-state index contributed by atoms with van der Waals surface area (Å²) in [5.74, 6) is 0.608. The Morgan fingerprint density at radius 2 is 2.05 bits per heavy atom. The normalized spacial score (nSPS) is 18.0. The summed E-state index contributed by atoms with van der Waals surface area (Å²) in [4.78, 5) is 6.26. The SMILES string of the molecule is Cc1nc(C2CCc3ccccc3C2)sc1CNC(C)C. The van der Waals surface area contributed by atoms with Crippen LogP contribution in [0.5, 0.6) is 0 Å². The highest BCUT2D eigenvalue weighted by Crippen LogP contribution is 2.35. The van der Waals surface area contributed by atoms with Gasteiger partial charge < -0.3 is 5.32 Å². The molecular formula is C18H24N2S. The van der Waals surface area contributed by atoms with Crippen LogP contribution < -0.4 is 5.32 Å². The number of aromatic nitrogens is 1. The number of nitrogens with zero attached hydrogens (tertiary/aromatic N) is 1. The number of hydrogen-bond acceptors (Lipinski definition) is 3. The van der Waals surface area contributed by atoms with Crippen molar-refractivity contribution in [3.63, 3.8) is 0 Å². The van der Waals surface area contributed by atoms with Gasteiger partial charge in [0.15, 0.2) is 0 Å². The Bertz CT molecular complexity index is 615. The van der Waals surface area contributed by atoms with Crippen molar-refractivity contribution >= 4 is 11.3 Å². The van der Waals surface area contributed by atoms with Crippen molar-refractivity contribution in [1.82, 2.24) is 10.3 Å². The van der Waals surface area contributed by atoms with Crippen LogP contribution in [0.1, 0.15) is 52.9 Å². The molecule has 0 amide bonds. The monoisotopic (exact) mass is 300 g/mol. The number of nitrogens with one attached hydrogen (secondary N) is 1. The fraction of sp³-hybridized carbons (Fsp3) is 0.500. The van der Waals surface area contributed by atoms with Gasteiger partial charge >= 0.3 is 0 Å². The summed E-state index contributed by atoms with van der Waals surface area (Å²) in [6.45, 7) is 7.48. The summed E-state index contributed by atoms with van der Waals surface area (Å²) in [7, 11) is 0. The van der Waals surface area contributed by atoms with Gasteiger partial charge in [0.05, 0.1) is 10.7 Å². The molecule has 0 saturated carbocycles. The molecule has 0 saturated heterocycles. The largest absolute Gasteiger partial charge is 0.310 e. The van der Waals surface area contributed by atoms with Gasteiger partial charge in [-0.05, 0) is 37.3 Å². The summed E-state index contributed by atoms with van der Waals surface area (Å²) >= 11 is 1.91. The highest BCUT2D eigenvalue weighted by atomic mass is 32.1. The van der Waals surface area contributed by atoms with Gasteiger partial charge in [-0.25, -0.2) is 4.98 Å². The average molecular weight is 300 g/mol. The van der Waals surface area contributed by atoms with E-state index in [2.05, 4.69) is 50.4 Å². The second-order valence-corrected chi connectivity index (χ2v) is 7.42. The van der Waals surface area contributed by atoms with Gasteiger partial charge in [0, 0.05) is 23.4 Å². The third kappa shape index (κ3) is 3.35. The Balaban J connectivity index is 1.75. The molecule has 1 N–H and O–H groups in total. The second kappa shape index (κ2) is 6.29. The van der Waals surface area contributed by atoms with E-state index in [1.807, 2.05) is 11.3 Å². The van der Waals surface area contributed by atoms with E-state index in [0.29, 0.717) is 12.0 Å². The molecule has 0 bridgehead atoms. The van der Waals surface area contributed by atoms with Crippen LogP contribution in [-0.2, 0) is 19.4 Å². The highest BCUT2D eigenvalue weighted by molar-refractivity contribution is 7.11. The van der Waals surface area contributed by atoms with Crippen molar-refractivity contribution in [2.24, 2.45) is 0 Å². The zero-order valence-corrected chi connectivity index (χ0v) is 14.0. The number of thiazole rings is 1. The van der Waals surface area contributed by atoms with E-state index in [0.717, 1.165) is 13.0 Å². The molecule has 1 heterocycles. The fourth-order valence-corrected chi connectivity index (χ4v) is 4.15. The maximum atomic E-state index is 4.86. The first-order valence-electron chi connectivity index (χ1n) is 7.90. The van der Waals surface area contributed by atoms with Crippen molar-refractivity contribution < 1.29 is 0 Å². The van der Waals surface area contributed by atoms with Gasteiger partial charge in [0.2, 0.25) is 0 Å². The highest BCUT2D eigenvalue weighted by Gasteiger charge is 2.23. The van der Waals surface area contributed by atoms with Crippen LogP contribution in [0.2, 0.25) is 0 Å². The van der Waals surface area contributed by atoms with Crippen LogP contribution in [0.3, 0.4) is 0 Å². The third-order valence-corrected chi connectivity index (χ3v) is 5.60. The average Bonchev–Trinajstić information content (AvgIpc) is 2.86. The maximum absolute atomic E-state index is 4.86. The molecule has 1 aromatic heterocycles. The van der Waals surface area contributed by atoms with Crippen LogP contribution in [0.15, 0.2) is 24.3 Å². The third-order valence-electron chi connectivity index (χ3n) is 4.28. The topological polar surface area (TPSA) is 24.9 Å². The quantitative estimate of drug-likeness (QED) is 0.914. The lowest BCUT2D eigenvalue weighted by molar-refractivity contribution is 0.580. The van der Waals surface area contributed by atoms with E-state index < -0.39 is 0 Å². The lowest BCUT2D eigenvalue weighted by Gasteiger charge is -2.22. The molecule has 0 fully saturated rings. The molecule has 1 aliphatic carbocycles. The first kappa shape index (κ1) is 14.7. The Morgan fingerprint density at radius 3 is 2.81 bits per heavy atom. The molecule has 0 aliphatic heterocycles. The van der Waals surface area contributed by atoms with E-state index in [4.69, 9.17) is 4.98 Å². The van der Waals surface area contributed by atoms with Gasteiger partial charge in [-0.2, -0.15) is 0 Å². The van der Waals surface area contributed by atoms with E-state index >= 15 is 0 Å². The van der Waals surface area contributed by atoms with Crippen molar-refractivity contribution in [3.8, 4) is 0 Å².